The average molecular weight is 361 g/mol. The molecule has 0 radical (unpaired) electrons. The summed E-state index contributed by atoms with van der Waals surface area (Å²) < 4.78 is 5.63. The third kappa shape index (κ3) is 4.24. The van der Waals surface area contributed by atoms with Crippen LogP contribution in [0.5, 0.6) is 0 Å². The summed E-state index contributed by atoms with van der Waals surface area (Å²) in [6, 6.07) is 10.7. The third-order valence-corrected chi connectivity index (χ3v) is 4.53. The van der Waals surface area contributed by atoms with Crippen molar-refractivity contribution in [3.8, 4) is 0 Å². The number of carbonyl (C=O) groups excluding carboxylic acids is 1. The second-order valence-electron chi connectivity index (χ2n) is 5.48. The minimum Gasteiger partial charge on any atom is -0.464 e. The Kier molecular flexibility index (Phi) is 5.33. The molecule has 24 heavy (non-hydrogen) atoms. The maximum absolute atomic E-state index is 12.9. The molecule has 0 atom stereocenters. The van der Waals surface area contributed by atoms with Crippen molar-refractivity contribution in [2.45, 2.75) is 19.9 Å². The molecule has 0 aliphatic heterocycles. The predicted molar refractivity (Wildman–Crippen MR) is 95.5 cm³/mol. The fourth-order valence-corrected chi connectivity index (χ4v) is 3.12. The molecule has 0 bridgehead atoms. The molecular formula is C18H17ClN2O2S. The van der Waals surface area contributed by atoms with Crippen molar-refractivity contribution in [3.63, 3.8) is 0 Å². The Bertz CT molecular complexity index is 797. The van der Waals surface area contributed by atoms with E-state index in [-0.39, 0.29) is 5.91 Å². The van der Waals surface area contributed by atoms with Gasteiger partial charge in [-0.05, 0) is 43.3 Å². The number of aryl methyl sites for hydroxylation is 1. The summed E-state index contributed by atoms with van der Waals surface area (Å²) in [4.78, 5) is 18.9. The second-order valence-corrected chi connectivity index (χ2v) is 6.63. The minimum absolute atomic E-state index is 0.0454. The van der Waals surface area contributed by atoms with Crippen LogP contribution < -0.4 is 0 Å². The van der Waals surface area contributed by atoms with E-state index in [1.54, 1.807) is 46.0 Å². The van der Waals surface area contributed by atoms with Gasteiger partial charge in [-0.2, -0.15) is 0 Å². The number of nitrogens with zero attached hydrogens (tertiary/aromatic N) is 2. The van der Waals surface area contributed by atoms with Gasteiger partial charge >= 0.3 is 0 Å². The average Bonchev–Trinajstić information content (AvgIpc) is 3.23. The lowest BCUT2D eigenvalue weighted by molar-refractivity contribution is 0.0732. The molecular weight excluding hydrogens is 344 g/mol. The van der Waals surface area contributed by atoms with Crippen molar-refractivity contribution in [2.24, 2.45) is 0 Å². The molecule has 0 aliphatic rings. The Morgan fingerprint density at radius 1 is 1.25 bits per heavy atom. The van der Waals surface area contributed by atoms with Crippen molar-refractivity contribution in [3.05, 3.63) is 75.1 Å². The fraction of sp³-hybridized carbons (Fsp3) is 0.222. The molecule has 1 amide bonds. The van der Waals surface area contributed by atoms with Crippen LogP contribution in [0.2, 0.25) is 5.02 Å². The molecule has 3 rings (SSSR count). The molecule has 0 fully saturated rings. The van der Waals surface area contributed by atoms with E-state index in [9.17, 15) is 4.79 Å². The molecule has 1 aromatic carbocycles. The number of aromatic nitrogens is 1. The van der Waals surface area contributed by atoms with Gasteiger partial charge in [-0.1, -0.05) is 11.6 Å². The van der Waals surface area contributed by atoms with E-state index in [2.05, 4.69) is 4.98 Å². The minimum atomic E-state index is -0.0454. The van der Waals surface area contributed by atoms with Crippen LogP contribution in [0.25, 0.3) is 0 Å². The number of hydrogen-bond acceptors (Lipinski definition) is 4. The summed E-state index contributed by atoms with van der Waals surface area (Å²) in [7, 11) is 0. The number of amides is 1. The Labute approximate surface area is 149 Å². The van der Waals surface area contributed by atoms with Gasteiger partial charge in [0.1, 0.15) is 11.5 Å². The van der Waals surface area contributed by atoms with Crippen molar-refractivity contribution >= 4 is 28.8 Å². The molecule has 0 saturated heterocycles. The molecule has 2 aromatic heterocycles. The van der Waals surface area contributed by atoms with Crippen LogP contribution in [0.15, 0.2) is 51.7 Å². The van der Waals surface area contributed by atoms with Crippen LogP contribution in [-0.2, 0) is 13.0 Å². The quantitative estimate of drug-likeness (QED) is 0.646. The lowest BCUT2D eigenvalue weighted by atomic mass is 10.2. The Morgan fingerprint density at radius 2 is 2.04 bits per heavy atom. The SMILES string of the molecule is Cc1ccc(CN(CCc2cscn2)C(=O)c2ccc(Cl)cc2)o1. The summed E-state index contributed by atoms with van der Waals surface area (Å²) in [5.41, 5.74) is 3.40. The zero-order valence-electron chi connectivity index (χ0n) is 13.2. The first-order valence-electron chi connectivity index (χ1n) is 7.59. The van der Waals surface area contributed by atoms with Crippen LogP contribution in [0, 0.1) is 6.92 Å². The zero-order valence-corrected chi connectivity index (χ0v) is 14.8. The highest BCUT2D eigenvalue weighted by atomic mass is 35.5. The highest BCUT2D eigenvalue weighted by Crippen LogP contribution is 2.16. The van der Waals surface area contributed by atoms with Crippen LogP contribution in [0.4, 0.5) is 0 Å². The summed E-state index contributed by atoms with van der Waals surface area (Å²) in [5.74, 6) is 1.56. The number of halogens is 1. The van der Waals surface area contributed by atoms with Crippen molar-refractivity contribution in [1.82, 2.24) is 9.88 Å². The van der Waals surface area contributed by atoms with E-state index in [1.807, 2.05) is 24.4 Å². The Morgan fingerprint density at radius 3 is 2.67 bits per heavy atom. The number of thiazole rings is 1. The first-order chi connectivity index (χ1) is 11.6. The van der Waals surface area contributed by atoms with E-state index in [1.165, 1.54) is 0 Å². The molecule has 124 valence electrons. The topological polar surface area (TPSA) is 46.3 Å². The van der Waals surface area contributed by atoms with Gasteiger partial charge in [0.05, 0.1) is 17.7 Å². The highest BCUT2D eigenvalue weighted by Gasteiger charge is 2.18. The zero-order chi connectivity index (χ0) is 16.9. The maximum atomic E-state index is 12.9. The number of furan rings is 1. The van der Waals surface area contributed by atoms with Gasteiger partial charge in [-0.15, -0.1) is 11.3 Å². The third-order valence-electron chi connectivity index (χ3n) is 3.64. The lowest BCUT2D eigenvalue weighted by Gasteiger charge is -2.21. The second kappa shape index (κ2) is 7.64. The Hall–Kier alpha value is -2.11. The molecule has 0 spiro atoms. The molecule has 0 aliphatic carbocycles. The molecule has 4 nitrogen and oxygen atoms in total. The number of carbonyl (C=O) groups is 1. The van der Waals surface area contributed by atoms with Gasteiger partial charge in [0, 0.05) is 28.9 Å². The molecule has 3 aromatic rings. The van der Waals surface area contributed by atoms with Gasteiger partial charge in [0.25, 0.3) is 5.91 Å². The molecule has 0 N–H and O–H groups in total. The number of benzene rings is 1. The first kappa shape index (κ1) is 16.7. The smallest absolute Gasteiger partial charge is 0.254 e. The first-order valence-corrected chi connectivity index (χ1v) is 8.91. The highest BCUT2D eigenvalue weighted by molar-refractivity contribution is 7.07. The summed E-state index contributed by atoms with van der Waals surface area (Å²) >= 11 is 7.47. The van der Waals surface area contributed by atoms with E-state index < -0.39 is 0 Å². The molecule has 6 heteroatoms. The normalized spacial score (nSPS) is 10.8. The van der Waals surface area contributed by atoms with Crippen molar-refractivity contribution < 1.29 is 9.21 Å². The molecule has 0 unspecified atom stereocenters. The molecule has 2 heterocycles. The standard InChI is InChI=1S/C18H17ClN2O2S/c1-13-2-7-17(23-13)10-21(9-8-16-11-24-12-20-16)18(22)14-3-5-15(19)6-4-14/h2-7,11-12H,8-10H2,1H3. The fourth-order valence-electron chi connectivity index (χ4n) is 2.40. The van der Waals surface area contributed by atoms with Crippen LogP contribution >= 0.6 is 22.9 Å². The van der Waals surface area contributed by atoms with Crippen molar-refractivity contribution in [2.75, 3.05) is 6.54 Å². The van der Waals surface area contributed by atoms with Gasteiger partial charge < -0.3 is 9.32 Å². The van der Waals surface area contributed by atoms with Crippen LogP contribution in [-0.4, -0.2) is 22.3 Å². The van der Waals surface area contributed by atoms with Gasteiger partial charge in [-0.3, -0.25) is 4.79 Å². The van der Waals surface area contributed by atoms with E-state index in [0.29, 0.717) is 30.1 Å². The van der Waals surface area contributed by atoms with Gasteiger partial charge in [0.15, 0.2) is 0 Å². The van der Waals surface area contributed by atoms with Crippen LogP contribution in [0.1, 0.15) is 27.6 Å². The summed E-state index contributed by atoms with van der Waals surface area (Å²) in [5, 5.41) is 2.62. The van der Waals surface area contributed by atoms with Gasteiger partial charge in [-0.25, -0.2) is 4.98 Å². The van der Waals surface area contributed by atoms with E-state index >= 15 is 0 Å². The van der Waals surface area contributed by atoms with Crippen LogP contribution in [0.3, 0.4) is 0 Å². The summed E-state index contributed by atoms with van der Waals surface area (Å²) in [6.45, 7) is 2.90. The number of rotatable bonds is 6. The number of hydrogen-bond donors (Lipinski definition) is 0. The van der Waals surface area contributed by atoms with Crippen molar-refractivity contribution in [1.29, 1.82) is 0 Å². The van der Waals surface area contributed by atoms with E-state index in [0.717, 1.165) is 17.2 Å². The summed E-state index contributed by atoms with van der Waals surface area (Å²) in [6.07, 6.45) is 0.711. The Balaban J connectivity index is 1.77. The van der Waals surface area contributed by atoms with Gasteiger partial charge in [0.2, 0.25) is 0 Å². The predicted octanol–water partition coefficient (Wildman–Crippen LogP) is 4.58. The largest absolute Gasteiger partial charge is 0.464 e. The maximum Gasteiger partial charge on any atom is 0.254 e. The molecule has 0 saturated carbocycles. The monoisotopic (exact) mass is 360 g/mol. The lowest BCUT2D eigenvalue weighted by Crippen LogP contribution is -2.32. The van der Waals surface area contributed by atoms with E-state index in [4.69, 9.17) is 16.0 Å².